The first-order valence-electron chi connectivity index (χ1n) is 10.4. The van der Waals surface area contributed by atoms with Gasteiger partial charge in [-0.3, -0.25) is 33.7 Å². The first kappa shape index (κ1) is 22.2. The second-order valence-corrected chi connectivity index (χ2v) is 9.18. The molecule has 32 heavy (non-hydrogen) atoms. The number of primary amides is 1. The summed E-state index contributed by atoms with van der Waals surface area (Å²) in [4.78, 5) is 78.5. The standard InChI is InChI=1S/C23H24N2O7/c1-9(26)11-5-4-6-12-13(11)7-10-8-14-17(25(2)3)19(28)16(22(24)31)21(30)23(14,32)20(29)15(10)18(12)27/h4-6,10,14-17,32H,7-8H2,1-3H3,(H2,24,31)/t10?,14?,15?,16?,17-,23-/m0/s1. The molecule has 2 fully saturated rings. The van der Waals surface area contributed by atoms with E-state index >= 15 is 0 Å². The van der Waals surface area contributed by atoms with E-state index in [-0.39, 0.29) is 24.2 Å². The topological polar surface area (TPSA) is 152 Å². The maximum Gasteiger partial charge on any atom is 0.235 e. The number of hydrogen-bond donors (Lipinski definition) is 2. The van der Waals surface area contributed by atoms with Gasteiger partial charge in [0, 0.05) is 17.0 Å². The number of carbonyl (C=O) groups excluding carboxylic acids is 6. The van der Waals surface area contributed by atoms with E-state index in [1.165, 1.54) is 17.9 Å². The van der Waals surface area contributed by atoms with Crippen LogP contribution in [0.25, 0.3) is 0 Å². The maximum absolute atomic E-state index is 13.6. The van der Waals surface area contributed by atoms with Gasteiger partial charge in [0.2, 0.25) is 5.91 Å². The Bertz CT molecular complexity index is 1110. The number of nitrogens with two attached hydrogens (primary N) is 1. The number of fused-ring (bicyclic) bond motifs is 3. The molecule has 0 aromatic heterocycles. The first-order valence-corrected chi connectivity index (χ1v) is 10.4. The number of likely N-dealkylation sites (N-methyl/N-ethyl adjacent to an activating group) is 1. The predicted octanol–water partition coefficient (Wildman–Crippen LogP) is -0.636. The molecule has 0 spiro atoms. The van der Waals surface area contributed by atoms with Gasteiger partial charge >= 0.3 is 0 Å². The molecular weight excluding hydrogens is 416 g/mol. The number of Topliss-reactive ketones (excluding diaryl/α,β-unsaturated/α-hetero) is 5. The zero-order valence-electron chi connectivity index (χ0n) is 18.0. The first-order chi connectivity index (χ1) is 14.9. The predicted molar refractivity (Wildman–Crippen MR) is 110 cm³/mol. The monoisotopic (exact) mass is 440 g/mol. The van der Waals surface area contributed by atoms with Crippen molar-refractivity contribution < 1.29 is 33.9 Å². The molecule has 3 aliphatic carbocycles. The van der Waals surface area contributed by atoms with E-state index < -0.39 is 64.4 Å². The van der Waals surface area contributed by atoms with Crippen LogP contribution in [-0.4, -0.2) is 70.6 Å². The van der Waals surface area contributed by atoms with Gasteiger partial charge in [0.25, 0.3) is 0 Å². The molecule has 4 unspecified atom stereocenters. The Morgan fingerprint density at radius 2 is 1.78 bits per heavy atom. The fourth-order valence-corrected chi connectivity index (χ4v) is 5.86. The van der Waals surface area contributed by atoms with Gasteiger partial charge in [-0.15, -0.1) is 0 Å². The van der Waals surface area contributed by atoms with Crippen LogP contribution in [0, 0.1) is 23.7 Å². The molecule has 0 bridgehead atoms. The van der Waals surface area contributed by atoms with Gasteiger partial charge in [-0.1, -0.05) is 18.2 Å². The van der Waals surface area contributed by atoms with Crippen LogP contribution in [0.2, 0.25) is 0 Å². The van der Waals surface area contributed by atoms with Crippen LogP contribution in [0.3, 0.4) is 0 Å². The van der Waals surface area contributed by atoms with Crippen LogP contribution in [0.5, 0.6) is 0 Å². The lowest BCUT2D eigenvalue weighted by Crippen LogP contribution is -2.74. The molecule has 6 atom stereocenters. The molecule has 3 N–H and O–H groups in total. The highest BCUT2D eigenvalue weighted by Gasteiger charge is 2.69. The summed E-state index contributed by atoms with van der Waals surface area (Å²) < 4.78 is 0. The summed E-state index contributed by atoms with van der Waals surface area (Å²) in [6.07, 6.45) is 0.248. The quantitative estimate of drug-likeness (QED) is 0.465. The van der Waals surface area contributed by atoms with Crippen molar-refractivity contribution in [3.05, 3.63) is 34.9 Å². The van der Waals surface area contributed by atoms with Crippen LogP contribution in [-0.2, 0) is 25.6 Å². The highest BCUT2D eigenvalue weighted by molar-refractivity contribution is 6.32. The van der Waals surface area contributed by atoms with Crippen molar-refractivity contribution in [1.82, 2.24) is 4.90 Å². The average molecular weight is 440 g/mol. The summed E-state index contributed by atoms with van der Waals surface area (Å²) in [6.45, 7) is 1.39. The molecule has 0 radical (unpaired) electrons. The van der Waals surface area contributed by atoms with Gasteiger partial charge in [0.05, 0.1) is 12.0 Å². The Kier molecular flexibility index (Phi) is 5.02. The summed E-state index contributed by atoms with van der Waals surface area (Å²) in [5.41, 5.74) is 3.75. The highest BCUT2D eigenvalue weighted by atomic mass is 16.3. The highest BCUT2D eigenvalue weighted by Crippen LogP contribution is 2.50. The molecule has 1 amide bonds. The minimum absolute atomic E-state index is 0.0239. The number of rotatable bonds is 3. The lowest BCUT2D eigenvalue weighted by Gasteiger charge is -2.52. The summed E-state index contributed by atoms with van der Waals surface area (Å²) in [6, 6.07) is 3.57. The third-order valence-corrected chi connectivity index (χ3v) is 7.23. The van der Waals surface area contributed by atoms with Gasteiger partial charge in [0.15, 0.2) is 40.4 Å². The average Bonchev–Trinajstić information content (AvgIpc) is 2.70. The SMILES string of the molecule is CC(=O)c1cccc2c1CC1CC3[C@H](N(C)C)C(=O)C(C(N)=O)C(=O)[C@@]3(O)C(=O)C1C2=O. The lowest BCUT2D eigenvalue weighted by atomic mass is 9.52. The fourth-order valence-electron chi connectivity index (χ4n) is 5.86. The third-order valence-electron chi connectivity index (χ3n) is 7.23. The van der Waals surface area contributed by atoms with Crippen molar-refractivity contribution in [2.24, 2.45) is 29.4 Å². The number of ketones is 5. The van der Waals surface area contributed by atoms with Crippen molar-refractivity contribution in [2.45, 2.75) is 31.4 Å². The van der Waals surface area contributed by atoms with E-state index in [0.29, 0.717) is 11.1 Å². The van der Waals surface area contributed by atoms with Gasteiger partial charge < -0.3 is 10.8 Å². The van der Waals surface area contributed by atoms with Crippen LogP contribution in [0.4, 0.5) is 0 Å². The van der Waals surface area contributed by atoms with Gasteiger partial charge in [-0.2, -0.15) is 0 Å². The van der Waals surface area contributed by atoms with Crippen molar-refractivity contribution >= 4 is 34.8 Å². The summed E-state index contributed by atoms with van der Waals surface area (Å²) in [5, 5.41) is 11.4. The maximum atomic E-state index is 13.6. The van der Waals surface area contributed by atoms with E-state index in [9.17, 15) is 33.9 Å². The van der Waals surface area contributed by atoms with Crippen LogP contribution in [0.15, 0.2) is 18.2 Å². The van der Waals surface area contributed by atoms with Gasteiger partial charge in [-0.05, 0) is 45.3 Å². The minimum atomic E-state index is -2.67. The molecule has 168 valence electrons. The zero-order chi connectivity index (χ0) is 23.7. The second kappa shape index (κ2) is 7.25. The molecule has 0 heterocycles. The number of amides is 1. The zero-order valence-corrected chi connectivity index (χ0v) is 18.0. The van der Waals surface area contributed by atoms with E-state index in [2.05, 4.69) is 0 Å². The second-order valence-electron chi connectivity index (χ2n) is 9.18. The smallest absolute Gasteiger partial charge is 0.235 e. The molecule has 4 rings (SSSR count). The molecule has 9 heteroatoms. The van der Waals surface area contributed by atoms with Crippen molar-refractivity contribution in [1.29, 1.82) is 0 Å². The molecular formula is C23H24N2O7. The molecule has 0 aliphatic heterocycles. The molecule has 0 saturated heterocycles. The number of nitrogens with zero attached hydrogens (tertiary/aromatic N) is 1. The minimum Gasteiger partial charge on any atom is -0.374 e. The Morgan fingerprint density at radius 3 is 2.34 bits per heavy atom. The number of hydrogen-bond acceptors (Lipinski definition) is 8. The molecule has 1 aromatic rings. The summed E-state index contributed by atoms with van der Waals surface area (Å²) in [5.74, 6) is -10.0. The van der Waals surface area contributed by atoms with E-state index in [1.807, 2.05) is 0 Å². The summed E-state index contributed by atoms with van der Waals surface area (Å²) >= 11 is 0. The molecule has 2 saturated carbocycles. The van der Waals surface area contributed by atoms with Crippen molar-refractivity contribution in [3.63, 3.8) is 0 Å². The fraction of sp³-hybridized carbons (Fsp3) is 0.478. The molecule has 1 aromatic carbocycles. The van der Waals surface area contributed by atoms with Crippen molar-refractivity contribution in [2.75, 3.05) is 14.1 Å². The largest absolute Gasteiger partial charge is 0.374 e. The Hall–Kier alpha value is -3.04. The van der Waals surface area contributed by atoms with Crippen LogP contribution < -0.4 is 5.73 Å². The van der Waals surface area contributed by atoms with E-state index in [0.717, 1.165) is 0 Å². The van der Waals surface area contributed by atoms with Crippen LogP contribution >= 0.6 is 0 Å². The Balaban J connectivity index is 1.87. The Labute approximate surface area is 183 Å². The lowest BCUT2D eigenvalue weighted by molar-refractivity contribution is -0.181. The third kappa shape index (κ3) is 2.77. The number of aliphatic hydroxyl groups is 1. The van der Waals surface area contributed by atoms with E-state index in [1.54, 1.807) is 26.2 Å². The van der Waals surface area contributed by atoms with Crippen molar-refractivity contribution in [3.8, 4) is 0 Å². The molecule has 3 aliphatic rings. The Morgan fingerprint density at radius 1 is 1.12 bits per heavy atom. The van der Waals surface area contributed by atoms with Gasteiger partial charge in [0.1, 0.15) is 0 Å². The van der Waals surface area contributed by atoms with E-state index in [4.69, 9.17) is 5.73 Å². The summed E-state index contributed by atoms with van der Waals surface area (Å²) in [7, 11) is 3.09. The number of carbonyl (C=O) groups is 6. The van der Waals surface area contributed by atoms with Gasteiger partial charge in [-0.25, -0.2) is 0 Å². The van der Waals surface area contributed by atoms with Crippen LogP contribution in [0.1, 0.15) is 39.6 Å². The normalized spacial score (nSPS) is 34.1. The molecule has 9 nitrogen and oxygen atoms in total. The number of benzene rings is 1.